The van der Waals surface area contributed by atoms with Gasteiger partial charge in [0.05, 0.1) is 12.7 Å². The Hall–Kier alpha value is -2.70. The number of carbonyl (C=O) groups is 2. The van der Waals surface area contributed by atoms with Gasteiger partial charge in [-0.05, 0) is 50.9 Å². The van der Waals surface area contributed by atoms with Crippen molar-refractivity contribution in [3.05, 3.63) is 72.9 Å². The molecular weight excluding hydrogens is 612 g/mol. The minimum Gasteiger partial charge on any atom is -0.462 e. The van der Waals surface area contributed by atoms with E-state index in [-0.39, 0.29) is 25.6 Å². The minimum absolute atomic E-state index is 0.112. The van der Waals surface area contributed by atoms with Crippen LogP contribution in [0.1, 0.15) is 156 Å². The van der Waals surface area contributed by atoms with Crippen molar-refractivity contribution in [1.82, 2.24) is 0 Å². The van der Waals surface area contributed by atoms with Crippen molar-refractivity contribution in [2.45, 2.75) is 168 Å². The molecule has 0 aromatic carbocycles. The molecule has 0 amide bonds. The van der Waals surface area contributed by atoms with Gasteiger partial charge in [0.15, 0.2) is 6.10 Å². The summed E-state index contributed by atoms with van der Waals surface area (Å²) in [6, 6.07) is 0. The summed E-state index contributed by atoms with van der Waals surface area (Å²) in [6.07, 6.45) is 44.3. The molecule has 2 N–H and O–H groups in total. The number of aliphatic hydroxyl groups is 2. The average molecular weight is 685 g/mol. The lowest BCUT2D eigenvalue weighted by Gasteiger charge is -2.15. The predicted molar refractivity (Wildman–Crippen MR) is 206 cm³/mol. The zero-order valence-electron chi connectivity index (χ0n) is 31.5. The fourth-order valence-corrected chi connectivity index (χ4v) is 5.08. The maximum absolute atomic E-state index is 12.1. The summed E-state index contributed by atoms with van der Waals surface area (Å²) in [5, 5.41) is 19.5. The van der Waals surface area contributed by atoms with Crippen molar-refractivity contribution in [2.24, 2.45) is 5.92 Å². The summed E-state index contributed by atoms with van der Waals surface area (Å²) in [4.78, 5) is 24.2. The summed E-state index contributed by atoms with van der Waals surface area (Å²) < 4.78 is 10.5. The van der Waals surface area contributed by atoms with Crippen LogP contribution in [0.4, 0.5) is 0 Å². The lowest BCUT2D eigenvalue weighted by atomic mass is 10.0. The van der Waals surface area contributed by atoms with Gasteiger partial charge in [0.25, 0.3) is 0 Å². The topological polar surface area (TPSA) is 93.1 Å². The van der Waals surface area contributed by atoms with Gasteiger partial charge < -0.3 is 19.7 Å². The number of rotatable bonds is 33. The van der Waals surface area contributed by atoms with Gasteiger partial charge >= 0.3 is 11.9 Å². The first kappa shape index (κ1) is 46.3. The van der Waals surface area contributed by atoms with Crippen LogP contribution in [0, 0.1) is 5.92 Å². The third kappa shape index (κ3) is 36.4. The monoisotopic (exact) mass is 685 g/mol. The molecule has 0 spiro atoms. The number of esters is 2. The molecule has 0 aromatic rings. The van der Waals surface area contributed by atoms with Crippen molar-refractivity contribution in [3.8, 4) is 0 Å². The first-order chi connectivity index (χ1) is 23.9. The molecule has 49 heavy (non-hydrogen) atoms. The Bertz CT molecular complexity index is 942. The lowest BCUT2D eigenvalue weighted by molar-refractivity contribution is -0.161. The van der Waals surface area contributed by atoms with Crippen LogP contribution in [0.3, 0.4) is 0 Å². The van der Waals surface area contributed by atoms with Gasteiger partial charge in [-0.15, -0.1) is 0 Å². The number of hydrogen-bond donors (Lipinski definition) is 2. The molecule has 0 aromatic heterocycles. The Balaban J connectivity index is 3.78. The molecular formula is C43H72O6. The van der Waals surface area contributed by atoms with Crippen LogP contribution >= 0.6 is 0 Å². The molecule has 1 unspecified atom stereocenters. The van der Waals surface area contributed by atoms with Gasteiger partial charge in [-0.2, -0.15) is 0 Å². The average Bonchev–Trinajstić information content (AvgIpc) is 3.08. The van der Waals surface area contributed by atoms with Crippen LogP contribution < -0.4 is 0 Å². The van der Waals surface area contributed by atoms with Gasteiger partial charge in [-0.3, -0.25) is 9.59 Å². The molecule has 0 saturated heterocycles. The maximum Gasteiger partial charge on any atom is 0.306 e. The van der Waals surface area contributed by atoms with Crippen molar-refractivity contribution < 1.29 is 29.3 Å². The molecule has 0 rings (SSSR count). The highest BCUT2D eigenvalue weighted by Crippen LogP contribution is 2.14. The first-order valence-corrected chi connectivity index (χ1v) is 19.5. The highest BCUT2D eigenvalue weighted by Gasteiger charge is 2.15. The Kier molecular flexibility index (Phi) is 34.6. The van der Waals surface area contributed by atoms with E-state index in [2.05, 4.69) is 51.2 Å². The van der Waals surface area contributed by atoms with Gasteiger partial charge in [-0.1, -0.05) is 171 Å². The third-order valence-electron chi connectivity index (χ3n) is 8.04. The smallest absolute Gasteiger partial charge is 0.306 e. The van der Waals surface area contributed by atoms with Gasteiger partial charge in [-0.25, -0.2) is 0 Å². The SMILES string of the molecule is CC/C=C\C/C=C\CC(O)/C=C/C=C\C/C=C\C/C=C\CCC(=O)O[C@@H](CO)COC(=O)CCCCCCCCCCCCCCC(C)C. The molecule has 0 radical (unpaired) electrons. The molecule has 0 heterocycles. The van der Waals surface area contributed by atoms with E-state index in [1.807, 2.05) is 36.5 Å². The standard InChI is InChI=1S/C43H72O6/c1-4-5-6-7-23-28-33-40(45)34-29-24-19-15-12-13-17-21-26-31-36-43(47)49-41(37-44)38-48-42(46)35-30-25-20-16-11-9-8-10-14-18-22-27-32-39(2)3/h5-6,12-13,19,21,23-24,26,28-29,34,39-41,44-45H,4,7-11,14-18,20,22,25,27,30-33,35-38H2,1-3H3/b6-5-,13-12-,24-19-,26-21-,28-23-,34-29+/t40?,41-/m0/s1. The fraction of sp³-hybridized carbons (Fsp3) is 0.674. The van der Waals surface area contributed by atoms with Crippen LogP contribution in [-0.2, 0) is 19.1 Å². The second-order valence-corrected chi connectivity index (χ2v) is 13.3. The van der Waals surface area contributed by atoms with Crippen LogP contribution in [0.15, 0.2) is 72.9 Å². The molecule has 6 nitrogen and oxygen atoms in total. The number of unbranched alkanes of at least 4 members (excludes halogenated alkanes) is 11. The molecule has 0 saturated carbocycles. The molecule has 280 valence electrons. The second kappa shape index (κ2) is 36.6. The molecule has 2 atom stereocenters. The minimum atomic E-state index is -0.829. The van der Waals surface area contributed by atoms with Gasteiger partial charge in [0.1, 0.15) is 6.61 Å². The van der Waals surface area contributed by atoms with Crippen molar-refractivity contribution in [3.63, 3.8) is 0 Å². The number of hydrogen-bond acceptors (Lipinski definition) is 6. The highest BCUT2D eigenvalue weighted by molar-refractivity contribution is 5.70. The number of allylic oxidation sites excluding steroid dienone is 10. The van der Waals surface area contributed by atoms with Gasteiger partial charge in [0, 0.05) is 12.8 Å². The van der Waals surface area contributed by atoms with Crippen LogP contribution in [-0.4, -0.2) is 47.6 Å². The van der Waals surface area contributed by atoms with Crippen LogP contribution in [0.25, 0.3) is 0 Å². The zero-order valence-corrected chi connectivity index (χ0v) is 31.5. The van der Waals surface area contributed by atoms with E-state index in [1.54, 1.807) is 6.08 Å². The zero-order chi connectivity index (χ0) is 36.0. The van der Waals surface area contributed by atoms with Crippen molar-refractivity contribution in [1.29, 1.82) is 0 Å². The predicted octanol–water partition coefficient (Wildman–Crippen LogP) is 11.0. The summed E-state index contributed by atoms with van der Waals surface area (Å²) in [6.45, 7) is 6.22. The van der Waals surface area contributed by atoms with E-state index in [0.29, 0.717) is 19.3 Å². The van der Waals surface area contributed by atoms with Gasteiger partial charge in [0.2, 0.25) is 0 Å². The third-order valence-corrected chi connectivity index (χ3v) is 8.04. The van der Waals surface area contributed by atoms with Crippen LogP contribution in [0.5, 0.6) is 0 Å². The molecule has 0 aliphatic carbocycles. The molecule has 0 aliphatic rings. The highest BCUT2D eigenvalue weighted by atomic mass is 16.6. The quantitative estimate of drug-likeness (QED) is 0.0309. The molecule has 0 aliphatic heterocycles. The van der Waals surface area contributed by atoms with Crippen LogP contribution in [0.2, 0.25) is 0 Å². The molecule has 6 heteroatoms. The lowest BCUT2D eigenvalue weighted by Crippen LogP contribution is -2.28. The van der Waals surface area contributed by atoms with E-state index >= 15 is 0 Å². The Labute approximate surface area is 300 Å². The summed E-state index contributed by atoms with van der Waals surface area (Å²) in [5.41, 5.74) is 0. The normalized spacial score (nSPS) is 13.8. The van der Waals surface area contributed by atoms with E-state index in [9.17, 15) is 19.8 Å². The Morgan fingerprint density at radius 3 is 1.80 bits per heavy atom. The molecule has 0 fully saturated rings. The Morgan fingerprint density at radius 1 is 0.633 bits per heavy atom. The summed E-state index contributed by atoms with van der Waals surface area (Å²) >= 11 is 0. The Morgan fingerprint density at radius 2 is 1.18 bits per heavy atom. The molecule has 0 bridgehead atoms. The first-order valence-electron chi connectivity index (χ1n) is 19.5. The van der Waals surface area contributed by atoms with E-state index in [1.165, 1.54) is 64.2 Å². The number of aliphatic hydroxyl groups excluding tert-OH is 2. The summed E-state index contributed by atoms with van der Waals surface area (Å²) in [7, 11) is 0. The number of ether oxygens (including phenoxy) is 2. The largest absolute Gasteiger partial charge is 0.462 e. The van der Waals surface area contributed by atoms with E-state index in [4.69, 9.17) is 9.47 Å². The summed E-state index contributed by atoms with van der Waals surface area (Å²) in [5.74, 6) is 0.109. The maximum atomic E-state index is 12.1. The fourth-order valence-electron chi connectivity index (χ4n) is 5.08. The van der Waals surface area contributed by atoms with Crippen molar-refractivity contribution in [2.75, 3.05) is 13.2 Å². The van der Waals surface area contributed by atoms with E-state index in [0.717, 1.165) is 50.9 Å². The van der Waals surface area contributed by atoms with Crippen molar-refractivity contribution >= 4 is 11.9 Å². The van der Waals surface area contributed by atoms with E-state index < -0.39 is 18.2 Å². The second-order valence-electron chi connectivity index (χ2n) is 13.3. The number of carbonyl (C=O) groups excluding carboxylic acids is 2.